The van der Waals surface area contributed by atoms with Gasteiger partial charge in [-0.2, -0.15) is 8.42 Å². The zero-order valence-electron chi connectivity index (χ0n) is 29.0. The van der Waals surface area contributed by atoms with E-state index in [9.17, 15) is 78.7 Å². The minimum atomic E-state index is -5.19. The highest BCUT2D eigenvalue weighted by Crippen LogP contribution is 2.32. The number of nitrogens with one attached hydrogen (secondary N) is 2. The second-order valence-electron chi connectivity index (χ2n) is 13.2. The highest BCUT2D eigenvalue weighted by atomic mass is 32.3. The molecule has 0 saturated carbocycles. The average Bonchev–Trinajstić information content (AvgIpc) is 3.11. The molecular formula is C28H48N2O24S. The molecule has 14 N–H and O–H groups in total. The minimum absolute atomic E-state index is 0.752. The van der Waals surface area contributed by atoms with Gasteiger partial charge in [0.15, 0.2) is 25.2 Å². The number of rotatable bonds is 14. The summed E-state index contributed by atoms with van der Waals surface area (Å²) in [5, 5.41) is 119. The molecule has 20 atom stereocenters. The molecule has 26 nitrogen and oxygen atoms in total. The fraction of sp³-hybridized carbons (Fsp3) is 0.929. The second kappa shape index (κ2) is 19.2. The van der Waals surface area contributed by atoms with Crippen molar-refractivity contribution in [3.8, 4) is 0 Å². The van der Waals surface area contributed by atoms with Crippen LogP contribution in [0.3, 0.4) is 0 Å². The fourth-order valence-electron chi connectivity index (χ4n) is 6.39. The first-order chi connectivity index (χ1) is 25.7. The van der Waals surface area contributed by atoms with Crippen LogP contribution in [0.25, 0.3) is 0 Å². The quantitative estimate of drug-likeness (QED) is 0.0723. The number of hydrogen-bond donors (Lipinski definition) is 14. The van der Waals surface area contributed by atoms with Gasteiger partial charge in [0.25, 0.3) is 0 Å². The van der Waals surface area contributed by atoms with Crippen molar-refractivity contribution < 1.29 is 116 Å². The van der Waals surface area contributed by atoms with Gasteiger partial charge in [-0.25, -0.2) is 4.18 Å². The van der Waals surface area contributed by atoms with Gasteiger partial charge in [0.05, 0.1) is 26.4 Å². The highest BCUT2D eigenvalue weighted by molar-refractivity contribution is 7.80. The third-order valence-electron chi connectivity index (χ3n) is 9.19. The Labute approximate surface area is 311 Å². The van der Waals surface area contributed by atoms with Crippen molar-refractivity contribution in [1.82, 2.24) is 10.6 Å². The van der Waals surface area contributed by atoms with E-state index < -0.39 is 171 Å². The van der Waals surface area contributed by atoms with Gasteiger partial charge in [-0.1, -0.05) is 0 Å². The molecule has 0 bridgehead atoms. The van der Waals surface area contributed by atoms with Crippen LogP contribution in [0.2, 0.25) is 0 Å². The van der Waals surface area contributed by atoms with Gasteiger partial charge in [-0.05, 0) is 0 Å². The van der Waals surface area contributed by atoms with Crippen molar-refractivity contribution in [3.05, 3.63) is 0 Å². The Balaban J connectivity index is 1.58. The molecular weight excluding hydrogens is 780 g/mol. The normalized spacial score (nSPS) is 45.5. The summed E-state index contributed by atoms with van der Waals surface area (Å²) in [7, 11) is -5.19. The first-order valence-corrected chi connectivity index (χ1v) is 18.1. The van der Waals surface area contributed by atoms with Crippen LogP contribution in [-0.2, 0) is 57.3 Å². The molecule has 4 aliphatic rings. The van der Waals surface area contributed by atoms with Crippen LogP contribution in [0.4, 0.5) is 0 Å². The summed E-state index contributed by atoms with van der Waals surface area (Å²) < 4.78 is 75.4. The smallest absolute Gasteiger partial charge is 0.394 e. The summed E-state index contributed by atoms with van der Waals surface area (Å²) in [6.45, 7) is -1.64. The van der Waals surface area contributed by atoms with Gasteiger partial charge < -0.3 is 100.0 Å². The highest BCUT2D eigenvalue weighted by Gasteiger charge is 2.54. The van der Waals surface area contributed by atoms with E-state index in [1.165, 1.54) is 0 Å². The molecule has 27 heteroatoms. The van der Waals surface area contributed by atoms with E-state index in [0.29, 0.717) is 0 Å². The zero-order chi connectivity index (χ0) is 41.1. The Morgan fingerprint density at radius 3 is 1.51 bits per heavy atom. The maximum absolute atomic E-state index is 12.2. The summed E-state index contributed by atoms with van der Waals surface area (Å²) in [4.78, 5) is 24.2. The maximum atomic E-state index is 12.2. The minimum Gasteiger partial charge on any atom is -0.394 e. The van der Waals surface area contributed by atoms with Gasteiger partial charge in [-0.15, -0.1) is 0 Å². The Hall–Kier alpha value is -1.91. The van der Waals surface area contributed by atoms with Crippen molar-refractivity contribution in [2.75, 3.05) is 26.4 Å². The summed E-state index contributed by atoms with van der Waals surface area (Å²) in [6, 6.07) is -3.26. The SMILES string of the molecule is CC(=O)N[C@H]1C(OC[C@H]2OC(O)[C@H](NC(C)=O)[C@@H](OC3O[C@H](CO)[C@H](O)[C@H](O)[C@H]3O)[C@H]2O)O[C@H](COS(=O)(=O)O)[C@@H](OC2O[C@H](CO)[C@H](O)[C@H](O)[C@H]2O)[C@@H]1O. The van der Waals surface area contributed by atoms with Gasteiger partial charge in [0.2, 0.25) is 11.8 Å². The van der Waals surface area contributed by atoms with Crippen molar-refractivity contribution in [2.45, 2.75) is 137 Å². The third-order valence-corrected chi connectivity index (χ3v) is 9.63. The molecule has 320 valence electrons. The van der Waals surface area contributed by atoms with E-state index in [2.05, 4.69) is 14.8 Å². The van der Waals surface area contributed by atoms with E-state index in [-0.39, 0.29) is 0 Å². The van der Waals surface area contributed by atoms with Crippen molar-refractivity contribution in [1.29, 1.82) is 0 Å². The van der Waals surface area contributed by atoms with Crippen molar-refractivity contribution >= 4 is 22.2 Å². The van der Waals surface area contributed by atoms with Crippen LogP contribution in [0, 0.1) is 0 Å². The molecule has 4 saturated heterocycles. The first kappa shape index (κ1) is 45.8. The summed E-state index contributed by atoms with van der Waals surface area (Å²) in [6.07, 6.45) is -33.1. The summed E-state index contributed by atoms with van der Waals surface area (Å²) >= 11 is 0. The molecule has 0 aromatic carbocycles. The lowest BCUT2D eigenvalue weighted by atomic mass is 9.94. The van der Waals surface area contributed by atoms with Crippen LogP contribution < -0.4 is 10.6 Å². The molecule has 4 unspecified atom stereocenters. The Morgan fingerprint density at radius 2 is 1.04 bits per heavy atom. The number of amides is 2. The van der Waals surface area contributed by atoms with Crippen LogP contribution in [0.5, 0.6) is 0 Å². The van der Waals surface area contributed by atoms with Crippen LogP contribution >= 0.6 is 0 Å². The van der Waals surface area contributed by atoms with E-state index in [4.69, 9.17) is 33.2 Å². The first-order valence-electron chi connectivity index (χ1n) is 16.7. The molecule has 55 heavy (non-hydrogen) atoms. The zero-order valence-corrected chi connectivity index (χ0v) is 29.9. The van der Waals surface area contributed by atoms with E-state index in [0.717, 1.165) is 13.8 Å². The van der Waals surface area contributed by atoms with Crippen LogP contribution in [0.15, 0.2) is 0 Å². The van der Waals surface area contributed by atoms with Crippen molar-refractivity contribution in [2.24, 2.45) is 0 Å². The molecule has 0 aromatic rings. The van der Waals surface area contributed by atoms with Crippen LogP contribution in [0.1, 0.15) is 13.8 Å². The lowest BCUT2D eigenvalue weighted by Gasteiger charge is -2.48. The number of aliphatic hydroxyl groups is 11. The molecule has 2 amide bonds. The third kappa shape index (κ3) is 11.0. The predicted molar refractivity (Wildman–Crippen MR) is 167 cm³/mol. The van der Waals surface area contributed by atoms with Crippen LogP contribution in [-0.4, -0.2) is 230 Å². The lowest BCUT2D eigenvalue weighted by Crippen LogP contribution is -2.69. The lowest BCUT2D eigenvalue weighted by molar-refractivity contribution is -0.355. The average molecular weight is 829 g/mol. The fourth-order valence-corrected chi connectivity index (χ4v) is 6.69. The Bertz CT molecular complexity index is 1380. The molecule has 4 fully saturated rings. The summed E-state index contributed by atoms with van der Waals surface area (Å²) in [5.74, 6) is -1.56. The Morgan fingerprint density at radius 1 is 0.564 bits per heavy atom. The second-order valence-corrected chi connectivity index (χ2v) is 14.3. The molecule has 0 aromatic heterocycles. The van der Waals surface area contributed by atoms with E-state index in [1.807, 2.05) is 0 Å². The molecule has 0 radical (unpaired) electrons. The van der Waals surface area contributed by atoms with Gasteiger partial charge in [-0.3, -0.25) is 14.1 Å². The topological polar surface area (TPSA) is 409 Å². The molecule has 0 spiro atoms. The number of aliphatic hydroxyl groups excluding tert-OH is 11. The number of ether oxygens (including phenoxy) is 7. The number of carbonyl (C=O) groups excluding carboxylic acids is 2. The molecule has 4 heterocycles. The summed E-state index contributed by atoms with van der Waals surface area (Å²) in [5.41, 5.74) is 0. The van der Waals surface area contributed by atoms with Gasteiger partial charge >= 0.3 is 10.4 Å². The molecule has 4 rings (SSSR count). The van der Waals surface area contributed by atoms with Gasteiger partial charge in [0.1, 0.15) is 97.5 Å². The molecule has 4 aliphatic heterocycles. The molecule has 0 aliphatic carbocycles. The monoisotopic (exact) mass is 828 g/mol. The largest absolute Gasteiger partial charge is 0.397 e. The van der Waals surface area contributed by atoms with Gasteiger partial charge in [0, 0.05) is 13.8 Å². The predicted octanol–water partition coefficient (Wildman–Crippen LogP) is -9.63. The van der Waals surface area contributed by atoms with Crippen molar-refractivity contribution in [3.63, 3.8) is 0 Å². The van der Waals surface area contributed by atoms with E-state index >= 15 is 0 Å². The Kier molecular flexibility index (Phi) is 16.0. The maximum Gasteiger partial charge on any atom is 0.397 e. The number of carbonyl (C=O) groups is 2. The van der Waals surface area contributed by atoms with E-state index in [1.54, 1.807) is 0 Å². The standard InChI is InChI=1S/C28H48N2O24S/c1-7(33)29-13-18(38)23(53-27-21(41)19(39)15(35)9(3-31)50-27)12(6-48-55(44,45)46)52-26(13)47-5-11-17(37)24(14(25(43)49-11)30-8(2)34)54-28-22(42)20(40)16(36)10(4-32)51-28/h9-28,31-32,35-43H,3-6H2,1-2H3,(H,29,33)(H,30,34)(H,44,45,46)/t9-,10-,11-,12-,13-,14-,15+,16+,17+,18-,19+,20+,21-,22-,23-,24-,25?,26?,27?,28?/m1/s1. The number of hydrogen-bond acceptors (Lipinski definition) is 23.